The van der Waals surface area contributed by atoms with Crippen LogP contribution in [-0.2, 0) is 6.18 Å². The van der Waals surface area contributed by atoms with Crippen molar-refractivity contribution in [3.63, 3.8) is 0 Å². The number of rotatable bonds is 4. The van der Waals surface area contributed by atoms with E-state index in [1.165, 1.54) is 12.1 Å². The minimum Gasteiger partial charge on any atom is -0.457 e. The summed E-state index contributed by atoms with van der Waals surface area (Å²) >= 11 is 6.05. The quantitative estimate of drug-likeness (QED) is 0.276. The lowest BCUT2D eigenvalue weighted by atomic mass is 10.1. The molecule has 8 heteroatoms. The van der Waals surface area contributed by atoms with Crippen molar-refractivity contribution in [2.45, 2.75) is 6.18 Å². The molecule has 1 amide bonds. The maximum absolute atomic E-state index is 12.9. The van der Waals surface area contributed by atoms with E-state index in [0.29, 0.717) is 27.6 Å². The number of nitrogens with one attached hydrogen (secondary N) is 1. The summed E-state index contributed by atoms with van der Waals surface area (Å²) in [5.41, 5.74) is 0.277. The number of pyridine rings is 1. The predicted octanol–water partition coefficient (Wildman–Crippen LogP) is 8.10. The van der Waals surface area contributed by atoms with Crippen molar-refractivity contribution in [2.75, 3.05) is 5.32 Å². The third-order valence-corrected chi connectivity index (χ3v) is 5.65. The van der Waals surface area contributed by atoms with E-state index in [0.717, 1.165) is 28.3 Å². The Hall–Kier alpha value is -4.10. The zero-order valence-electron chi connectivity index (χ0n) is 17.9. The zero-order chi connectivity index (χ0) is 24.6. The minimum absolute atomic E-state index is 0.0690. The van der Waals surface area contributed by atoms with Gasteiger partial charge < -0.3 is 10.1 Å². The average Bonchev–Trinajstić information content (AvgIpc) is 2.83. The zero-order valence-corrected chi connectivity index (χ0v) is 18.7. The van der Waals surface area contributed by atoms with Gasteiger partial charge in [0.25, 0.3) is 5.91 Å². The molecule has 35 heavy (non-hydrogen) atoms. The Labute approximate surface area is 202 Å². The van der Waals surface area contributed by atoms with Crippen LogP contribution in [0, 0.1) is 0 Å². The number of fused-ring (bicyclic) bond motifs is 2. The van der Waals surface area contributed by atoms with Crippen LogP contribution in [0.2, 0.25) is 5.02 Å². The Morgan fingerprint density at radius 1 is 0.886 bits per heavy atom. The lowest BCUT2D eigenvalue weighted by molar-refractivity contribution is -0.137. The number of nitrogens with zero attached hydrogens (tertiary/aromatic N) is 1. The molecule has 0 saturated heterocycles. The van der Waals surface area contributed by atoms with Crippen LogP contribution in [0.4, 0.5) is 18.9 Å². The normalized spacial score (nSPS) is 11.5. The Kier molecular flexibility index (Phi) is 5.78. The Bertz CT molecular complexity index is 1580. The highest BCUT2D eigenvalue weighted by Gasteiger charge is 2.30. The number of halogens is 4. The lowest BCUT2D eigenvalue weighted by Gasteiger charge is -2.11. The fourth-order valence-corrected chi connectivity index (χ4v) is 3.88. The Balaban J connectivity index is 1.37. The van der Waals surface area contributed by atoms with E-state index in [9.17, 15) is 18.0 Å². The molecular formula is C27H16ClF3N2O2. The van der Waals surface area contributed by atoms with Crippen LogP contribution >= 0.6 is 11.6 Å². The van der Waals surface area contributed by atoms with Crippen molar-refractivity contribution < 1.29 is 22.7 Å². The molecule has 174 valence electrons. The highest BCUT2D eigenvalue weighted by atomic mass is 35.5. The maximum atomic E-state index is 12.9. The number of carbonyl (C=O) groups is 1. The van der Waals surface area contributed by atoms with E-state index >= 15 is 0 Å². The highest BCUT2D eigenvalue weighted by molar-refractivity contribution is 6.31. The first-order valence-corrected chi connectivity index (χ1v) is 10.9. The SMILES string of the molecule is O=C(Nc1cccc(C(F)(F)F)c1)c1ccc2cc(Oc3ccnc4cc(Cl)ccc34)ccc2c1. The summed E-state index contributed by atoms with van der Waals surface area (Å²) < 4.78 is 44.9. The van der Waals surface area contributed by atoms with Gasteiger partial charge in [-0.2, -0.15) is 13.2 Å². The standard InChI is InChI=1S/C27H16ClF3N2O2/c28-20-7-9-23-24(15-20)32-11-10-25(23)35-22-8-6-16-12-18(5-4-17(16)13-22)26(34)33-21-3-1-2-19(14-21)27(29,30)31/h1-15H,(H,33,34). The van der Waals surface area contributed by atoms with Crippen LogP contribution in [-0.4, -0.2) is 10.9 Å². The molecule has 5 rings (SSSR count). The van der Waals surface area contributed by atoms with Crippen molar-refractivity contribution in [1.29, 1.82) is 0 Å². The molecule has 0 fully saturated rings. The molecule has 0 aliphatic heterocycles. The molecule has 1 aromatic heterocycles. The number of hydrogen-bond acceptors (Lipinski definition) is 3. The second-order valence-electron chi connectivity index (χ2n) is 7.83. The lowest BCUT2D eigenvalue weighted by Crippen LogP contribution is -2.13. The van der Waals surface area contributed by atoms with Gasteiger partial charge in [0.1, 0.15) is 11.5 Å². The predicted molar refractivity (Wildman–Crippen MR) is 130 cm³/mol. The van der Waals surface area contributed by atoms with Gasteiger partial charge in [-0.3, -0.25) is 9.78 Å². The molecule has 0 radical (unpaired) electrons. The molecule has 5 aromatic rings. The summed E-state index contributed by atoms with van der Waals surface area (Å²) in [4.78, 5) is 17.0. The molecule has 0 atom stereocenters. The fraction of sp³-hybridized carbons (Fsp3) is 0.0370. The first-order valence-electron chi connectivity index (χ1n) is 10.5. The van der Waals surface area contributed by atoms with Crippen LogP contribution in [0.15, 0.2) is 91.1 Å². The number of alkyl halides is 3. The number of aromatic nitrogens is 1. The molecule has 1 heterocycles. The van der Waals surface area contributed by atoms with Crippen LogP contribution < -0.4 is 10.1 Å². The largest absolute Gasteiger partial charge is 0.457 e. The minimum atomic E-state index is -4.49. The van der Waals surface area contributed by atoms with E-state index in [2.05, 4.69) is 10.3 Å². The number of carbonyl (C=O) groups excluding carboxylic acids is 1. The van der Waals surface area contributed by atoms with Gasteiger partial charge in [0.15, 0.2) is 0 Å². The highest BCUT2D eigenvalue weighted by Crippen LogP contribution is 2.33. The molecule has 4 nitrogen and oxygen atoms in total. The van der Waals surface area contributed by atoms with Gasteiger partial charge in [0.05, 0.1) is 11.1 Å². The number of hydrogen-bond donors (Lipinski definition) is 1. The topological polar surface area (TPSA) is 51.2 Å². The van der Waals surface area contributed by atoms with E-state index in [1.54, 1.807) is 48.7 Å². The number of anilines is 1. The van der Waals surface area contributed by atoms with Gasteiger partial charge in [-0.1, -0.05) is 29.8 Å². The van der Waals surface area contributed by atoms with E-state index in [1.807, 2.05) is 18.2 Å². The molecule has 4 aromatic carbocycles. The third-order valence-electron chi connectivity index (χ3n) is 5.41. The molecule has 1 N–H and O–H groups in total. The van der Waals surface area contributed by atoms with Gasteiger partial charge in [-0.25, -0.2) is 0 Å². The summed E-state index contributed by atoms with van der Waals surface area (Å²) in [7, 11) is 0. The maximum Gasteiger partial charge on any atom is 0.416 e. The smallest absolute Gasteiger partial charge is 0.416 e. The van der Waals surface area contributed by atoms with E-state index < -0.39 is 17.6 Å². The van der Waals surface area contributed by atoms with Crippen LogP contribution in [0.25, 0.3) is 21.7 Å². The van der Waals surface area contributed by atoms with Gasteiger partial charge >= 0.3 is 6.18 Å². The molecule has 0 unspecified atom stereocenters. The monoisotopic (exact) mass is 492 g/mol. The van der Waals surface area contributed by atoms with Crippen LogP contribution in [0.5, 0.6) is 11.5 Å². The van der Waals surface area contributed by atoms with Crippen molar-refractivity contribution >= 4 is 44.9 Å². The van der Waals surface area contributed by atoms with Gasteiger partial charge in [0.2, 0.25) is 0 Å². The summed E-state index contributed by atoms with van der Waals surface area (Å²) in [6.45, 7) is 0. The van der Waals surface area contributed by atoms with Crippen molar-refractivity contribution in [3.05, 3.63) is 107 Å². The van der Waals surface area contributed by atoms with Crippen molar-refractivity contribution in [1.82, 2.24) is 4.98 Å². The summed E-state index contributed by atoms with van der Waals surface area (Å²) in [6, 6.07) is 22.1. The van der Waals surface area contributed by atoms with Crippen LogP contribution in [0.1, 0.15) is 15.9 Å². The summed E-state index contributed by atoms with van der Waals surface area (Å²) in [5.74, 6) is 0.720. The summed E-state index contributed by atoms with van der Waals surface area (Å²) in [5, 5.41) is 5.53. The fourth-order valence-electron chi connectivity index (χ4n) is 3.72. The van der Waals surface area contributed by atoms with Gasteiger partial charge in [-0.15, -0.1) is 0 Å². The summed E-state index contributed by atoms with van der Waals surface area (Å²) in [6.07, 6.45) is -2.84. The van der Waals surface area contributed by atoms with E-state index in [4.69, 9.17) is 16.3 Å². The van der Waals surface area contributed by atoms with Crippen molar-refractivity contribution in [3.8, 4) is 11.5 Å². The third kappa shape index (κ3) is 4.90. The van der Waals surface area contributed by atoms with E-state index in [-0.39, 0.29) is 5.69 Å². The van der Waals surface area contributed by atoms with Crippen molar-refractivity contribution in [2.24, 2.45) is 0 Å². The molecule has 0 aliphatic carbocycles. The van der Waals surface area contributed by atoms with Crippen LogP contribution in [0.3, 0.4) is 0 Å². The molecule has 0 spiro atoms. The molecule has 0 bridgehead atoms. The molecule has 0 aliphatic rings. The first kappa shape index (κ1) is 22.7. The first-order chi connectivity index (χ1) is 16.8. The number of amides is 1. The van der Waals surface area contributed by atoms with Gasteiger partial charge in [0, 0.05) is 27.9 Å². The Morgan fingerprint density at radius 2 is 1.69 bits per heavy atom. The second-order valence-corrected chi connectivity index (χ2v) is 8.27. The number of benzene rings is 4. The molecule has 0 saturated carbocycles. The Morgan fingerprint density at radius 3 is 2.51 bits per heavy atom. The average molecular weight is 493 g/mol. The molecular weight excluding hydrogens is 477 g/mol. The number of ether oxygens (including phenoxy) is 1. The van der Waals surface area contributed by atoms with Gasteiger partial charge in [-0.05, 0) is 77.5 Å². The second kappa shape index (κ2) is 8.92.